The third kappa shape index (κ3) is 2.12. The molecule has 0 unspecified atom stereocenters. The van der Waals surface area contributed by atoms with Crippen LogP contribution < -0.4 is 11.1 Å². The van der Waals surface area contributed by atoms with Crippen LogP contribution in [0.3, 0.4) is 0 Å². The van der Waals surface area contributed by atoms with Crippen LogP contribution in [-0.4, -0.2) is 10.9 Å². The first kappa shape index (κ1) is 13.1. The van der Waals surface area contributed by atoms with E-state index in [0.717, 1.165) is 48.4 Å². The summed E-state index contributed by atoms with van der Waals surface area (Å²) < 4.78 is 0. The minimum absolute atomic E-state index is 0.109. The van der Waals surface area contributed by atoms with Crippen molar-refractivity contribution < 1.29 is 4.79 Å². The second-order valence-corrected chi connectivity index (χ2v) is 7.52. The number of carbonyl (C=O) groups excluding carboxylic acids is 1. The topological polar surface area (TPSA) is 68.0 Å². The molecule has 4 heteroatoms. The van der Waals surface area contributed by atoms with Crippen LogP contribution in [0.1, 0.15) is 44.2 Å². The lowest BCUT2D eigenvalue weighted by Gasteiger charge is -2.55. The molecular weight excluding hydrogens is 262 g/mol. The fraction of sp³-hybridized carbons (Fsp3) is 0.647. The molecule has 0 spiro atoms. The third-order valence-corrected chi connectivity index (χ3v) is 5.88. The number of nitrogens with one attached hydrogen (secondary N) is 1. The molecule has 21 heavy (non-hydrogen) atoms. The Bertz CT molecular complexity index is 560. The minimum Gasteiger partial charge on any atom is -0.384 e. The number of hydrogen-bond acceptors (Lipinski definition) is 3. The maximum absolute atomic E-state index is 12.9. The standard InChI is InChI=1S/C17H23N3O/c1-10-14(2-3-15(18)19-10)20-16(21)17-7-11-4-12(8-17)6-13(5-11)9-17/h2-3,11-13H,4-9H2,1H3,(H2,18,19)(H,20,21). The fourth-order valence-corrected chi connectivity index (χ4v) is 5.36. The van der Waals surface area contributed by atoms with E-state index in [1.807, 2.05) is 13.0 Å². The Kier molecular flexibility index (Phi) is 2.78. The van der Waals surface area contributed by atoms with E-state index >= 15 is 0 Å². The number of hydrogen-bond donors (Lipinski definition) is 2. The van der Waals surface area contributed by atoms with Crippen molar-refractivity contribution in [1.82, 2.24) is 4.98 Å². The first-order chi connectivity index (χ1) is 10.0. The van der Waals surface area contributed by atoms with Crippen molar-refractivity contribution in [1.29, 1.82) is 0 Å². The molecule has 4 aliphatic carbocycles. The number of nitrogen functional groups attached to an aromatic ring is 1. The molecule has 4 nitrogen and oxygen atoms in total. The summed E-state index contributed by atoms with van der Waals surface area (Å²) in [6.45, 7) is 1.89. The molecule has 1 aromatic rings. The summed E-state index contributed by atoms with van der Waals surface area (Å²) in [5.41, 5.74) is 7.18. The lowest BCUT2D eigenvalue weighted by Crippen LogP contribution is -2.51. The maximum Gasteiger partial charge on any atom is 0.230 e. The normalized spacial score (nSPS) is 36.7. The van der Waals surface area contributed by atoms with Crippen LogP contribution >= 0.6 is 0 Å². The predicted molar refractivity (Wildman–Crippen MR) is 82.6 cm³/mol. The Morgan fingerprint density at radius 2 is 1.76 bits per heavy atom. The molecular formula is C17H23N3O. The number of nitrogens with zero attached hydrogens (tertiary/aromatic N) is 1. The van der Waals surface area contributed by atoms with Crippen LogP contribution in [0.5, 0.6) is 0 Å². The van der Waals surface area contributed by atoms with E-state index in [2.05, 4.69) is 10.3 Å². The molecule has 1 aromatic heterocycles. The van der Waals surface area contributed by atoms with Crippen LogP contribution in [0, 0.1) is 30.1 Å². The molecule has 0 atom stereocenters. The van der Waals surface area contributed by atoms with Gasteiger partial charge in [-0.25, -0.2) is 4.98 Å². The Labute approximate surface area is 125 Å². The van der Waals surface area contributed by atoms with Crippen molar-refractivity contribution in [2.24, 2.45) is 23.2 Å². The van der Waals surface area contributed by atoms with E-state index in [1.165, 1.54) is 19.3 Å². The quantitative estimate of drug-likeness (QED) is 0.877. The van der Waals surface area contributed by atoms with Gasteiger partial charge in [0.2, 0.25) is 5.91 Å². The van der Waals surface area contributed by atoms with Crippen molar-refractivity contribution in [2.45, 2.75) is 45.4 Å². The molecule has 1 amide bonds. The first-order valence-electron chi connectivity index (χ1n) is 8.09. The second kappa shape index (κ2) is 4.46. The molecule has 5 rings (SSSR count). The van der Waals surface area contributed by atoms with Gasteiger partial charge in [-0.2, -0.15) is 0 Å². The molecule has 4 aliphatic rings. The number of aromatic nitrogens is 1. The monoisotopic (exact) mass is 285 g/mol. The molecule has 4 saturated carbocycles. The van der Waals surface area contributed by atoms with E-state index < -0.39 is 0 Å². The highest BCUT2D eigenvalue weighted by atomic mass is 16.2. The summed E-state index contributed by atoms with van der Waals surface area (Å²) in [5, 5.41) is 3.14. The fourth-order valence-electron chi connectivity index (χ4n) is 5.36. The van der Waals surface area contributed by atoms with Gasteiger partial charge < -0.3 is 11.1 Å². The van der Waals surface area contributed by atoms with Gasteiger partial charge in [0, 0.05) is 0 Å². The number of nitrogens with two attached hydrogens (primary N) is 1. The van der Waals surface area contributed by atoms with Crippen LogP contribution in [0.25, 0.3) is 0 Å². The molecule has 4 fully saturated rings. The summed E-state index contributed by atoms with van der Waals surface area (Å²) in [5.74, 6) is 3.07. The average molecular weight is 285 g/mol. The lowest BCUT2D eigenvalue weighted by atomic mass is 9.49. The Balaban J connectivity index is 1.57. The van der Waals surface area contributed by atoms with E-state index in [9.17, 15) is 4.79 Å². The highest BCUT2D eigenvalue weighted by molar-refractivity contribution is 5.96. The van der Waals surface area contributed by atoms with Gasteiger partial charge in [0.1, 0.15) is 5.82 Å². The number of amides is 1. The van der Waals surface area contributed by atoms with Gasteiger partial charge in [0.15, 0.2) is 0 Å². The van der Waals surface area contributed by atoms with Crippen molar-refractivity contribution in [3.05, 3.63) is 17.8 Å². The smallest absolute Gasteiger partial charge is 0.230 e. The van der Waals surface area contributed by atoms with Gasteiger partial charge in [0.25, 0.3) is 0 Å². The molecule has 0 aliphatic heterocycles. The third-order valence-electron chi connectivity index (χ3n) is 5.88. The summed E-state index contributed by atoms with van der Waals surface area (Å²) >= 11 is 0. The predicted octanol–water partition coefficient (Wildman–Crippen LogP) is 3.13. The van der Waals surface area contributed by atoms with Crippen LogP contribution in [0.15, 0.2) is 12.1 Å². The molecule has 0 aromatic carbocycles. The van der Waals surface area contributed by atoms with Gasteiger partial charge in [-0.3, -0.25) is 4.79 Å². The van der Waals surface area contributed by atoms with Crippen LogP contribution in [0.4, 0.5) is 11.5 Å². The van der Waals surface area contributed by atoms with Gasteiger partial charge in [-0.15, -0.1) is 0 Å². The molecule has 3 N–H and O–H groups in total. The summed E-state index contributed by atoms with van der Waals surface area (Å²) in [6.07, 6.45) is 7.34. The summed E-state index contributed by atoms with van der Waals surface area (Å²) in [6, 6.07) is 3.62. The minimum atomic E-state index is -0.109. The van der Waals surface area contributed by atoms with E-state index in [0.29, 0.717) is 5.82 Å². The summed E-state index contributed by atoms with van der Waals surface area (Å²) in [7, 11) is 0. The van der Waals surface area contributed by atoms with E-state index in [4.69, 9.17) is 5.73 Å². The average Bonchev–Trinajstić information content (AvgIpc) is 2.40. The second-order valence-electron chi connectivity index (χ2n) is 7.52. The number of pyridine rings is 1. The molecule has 0 saturated heterocycles. The van der Waals surface area contributed by atoms with Crippen LogP contribution in [-0.2, 0) is 4.79 Å². The largest absolute Gasteiger partial charge is 0.384 e. The molecule has 4 bridgehead atoms. The molecule has 0 radical (unpaired) electrons. The summed E-state index contributed by atoms with van der Waals surface area (Å²) in [4.78, 5) is 17.2. The zero-order chi connectivity index (χ0) is 14.6. The highest BCUT2D eigenvalue weighted by Gasteiger charge is 2.54. The number of aryl methyl sites for hydroxylation is 1. The molecule has 112 valence electrons. The van der Waals surface area contributed by atoms with Crippen molar-refractivity contribution >= 4 is 17.4 Å². The van der Waals surface area contributed by atoms with Gasteiger partial charge in [-0.05, 0) is 75.3 Å². The lowest BCUT2D eigenvalue weighted by molar-refractivity contribution is -0.140. The number of anilines is 2. The van der Waals surface area contributed by atoms with Gasteiger partial charge in [-0.1, -0.05) is 0 Å². The number of carbonyl (C=O) groups is 1. The first-order valence-corrected chi connectivity index (χ1v) is 8.09. The van der Waals surface area contributed by atoms with Gasteiger partial charge in [0.05, 0.1) is 16.8 Å². The Hall–Kier alpha value is -1.58. The zero-order valence-electron chi connectivity index (χ0n) is 12.6. The van der Waals surface area contributed by atoms with E-state index in [-0.39, 0.29) is 11.3 Å². The molecule has 1 heterocycles. The Morgan fingerprint density at radius 1 is 1.19 bits per heavy atom. The van der Waals surface area contributed by atoms with Crippen molar-refractivity contribution in [3.63, 3.8) is 0 Å². The van der Waals surface area contributed by atoms with Crippen LogP contribution in [0.2, 0.25) is 0 Å². The van der Waals surface area contributed by atoms with E-state index in [1.54, 1.807) is 6.07 Å². The SMILES string of the molecule is Cc1nc(N)ccc1NC(=O)C12CC3CC(CC(C3)C1)C2. The zero-order valence-corrected chi connectivity index (χ0v) is 12.6. The Morgan fingerprint density at radius 3 is 2.29 bits per heavy atom. The maximum atomic E-state index is 12.9. The van der Waals surface area contributed by atoms with Gasteiger partial charge >= 0.3 is 0 Å². The highest BCUT2D eigenvalue weighted by Crippen LogP contribution is 2.60. The van der Waals surface area contributed by atoms with Crippen molar-refractivity contribution in [3.8, 4) is 0 Å². The number of rotatable bonds is 2. The van der Waals surface area contributed by atoms with Crippen molar-refractivity contribution in [2.75, 3.05) is 11.1 Å².